The summed E-state index contributed by atoms with van der Waals surface area (Å²) in [4.78, 5) is 11.7. The van der Waals surface area contributed by atoms with Gasteiger partial charge in [-0.1, -0.05) is 310 Å². The third kappa shape index (κ3) is 44.1. The van der Waals surface area contributed by atoms with Crippen molar-refractivity contribution >= 4 is 5.97 Å². The van der Waals surface area contributed by atoms with Gasteiger partial charge in [0, 0.05) is 12.5 Å². The molecule has 0 spiro atoms. The van der Waals surface area contributed by atoms with Crippen LogP contribution in [0.15, 0.2) is 12.1 Å². The van der Waals surface area contributed by atoms with Gasteiger partial charge >= 0.3 is 5.97 Å². The molecule has 0 unspecified atom stereocenters. The summed E-state index contributed by atoms with van der Waals surface area (Å²) >= 11 is 0. The Bertz CT molecular complexity index is 1170. The van der Waals surface area contributed by atoms with Gasteiger partial charge in [-0.3, -0.25) is 4.79 Å². The van der Waals surface area contributed by atoms with Crippen LogP contribution in [0.5, 0.6) is 17.2 Å². The third-order valence-corrected chi connectivity index (χ3v) is 14.5. The first kappa shape index (κ1) is 64.1. The van der Waals surface area contributed by atoms with Crippen LogP contribution in [0.4, 0.5) is 0 Å². The second-order valence-electron chi connectivity index (χ2n) is 21.3. The zero-order valence-corrected chi connectivity index (χ0v) is 46.2. The Morgan fingerprint density at radius 2 is 0.515 bits per heavy atom. The second kappa shape index (κ2) is 52.9. The topological polar surface area (TPSA) is 65.0 Å². The number of hydrogen-bond donors (Lipinski definition) is 1. The van der Waals surface area contributed by atoms with Gasteiger partial charge in [-0.25, -0.2) is 0 Å². The van der Waals surface area contributed by atoms with Crippen LogP contribution < -0.4 is 14.2 Å². The SMILES string of the molecule is CCCCCCCCCCCCCCCCCCOc1cc(OCCCCCCCCCCCCCCCCCC)c(OCCCCCCCCCCCCCCCCCC)cc1CCC(=O)O. The molecule has 0 bridgehead atoms. The molecule has 400 valence electrons. The van der Waals surface area contributed by atoms with Gasteiger partial charge < -0.3 is 19.3 Å². The average Bonchev–Trinajstić information content (AvgIpc) is 3.34. The van der Waals surface area contributed by atoms with E-state index in [1.54, 1.807) is 0 Å². The molecule has 0 heterocycles. The van der Waals surface area contributed by atoms with Crippen molar-refractivity contribution in [2.24, 2.45) is 0 Å². The molecule has 0 aliphatic heterocycles. The molecule has 0 saturated carbocycles. The van der Waals surface area contributed by atoms with Crippen molar-refractivity contribution in [3.05, 3.63) is 17.7 Å². The minimum Gasteiger partial charge on any atom is -0.493 e. The Balaban J connectivity index is 2.51. The van der Waals surface area contributed by atoms with Crippen LogP contribution in [-0.2, 0) is 11.2 Å². The maximum absolute atomic E-state index is 11.7. The van der Waals surface area contributed by atoms with Gasteiger partial charge in [-0.15, -0.1) is 0 Å². The molecule has 0 saturated heterocycles. The van der Waals surface area contributed by atoms with Crippen LogP contribution in [0.25, 0.3) is 0 Å². The lowest BCUT2D eigenvalue weighted by Crippen LogP contribution is -2.07. The summed E-state index contributed by atoms with van der Waals surface area (Å²) in [7, 11) is 0. The number of ether oxygens (including phenoxy) is 3. The summed E-state index contributed by atoms with van der Waals surface area (Å²) in [5, 5.41) is 9.61. The first-order chi connectivity index (χ1) is 33.6. The van der Waals surface area contributed by atoms with Crippen molar-refractivity contribution in [1.29, 1.82) is 0 Å². The summed E-state index contributed by atoms with van der Waals surface area (Å²) in [6.07, 6.45) is 65.4. The lowest BCUT2D eigenvalue weighted by molar-refractivity contribution is -0.136. The Morgan fingerprint density at radius 1 is 0.309 bits per heavy atom. The van der Waals surface area contributed by atoms with Crippen molar-refractivity contribution in [1.82, 2.24) is 0 Å². The molecule has 0 atom stereocenters. The van der Waals surface area contributed by atoms with E-state index in [4.69, 9.17) is 14.2 Å². The molecule has 5 nitrogen and oxygen atoms in total. The van der Waals surface area contributed by atoms with E-state index >= 15 is 0 Å². The van der Waals surface area contributed by atoms with E-state index in [0.717, 1.165) is 42.1 Å². The summed E-state index contributed by atoms with van der Waals surface area (Å²) in [6.45, 7) is 8.86. The van der Waals surface area contributed by atoms with E-state index in [0.29, 0.717) is 26.2 Å². The predicted octanol–water partition coefficient (Wildman–Crippen LogP) is 21.6. The maximum Gasteiger partial charge on any atom is 0.303 e. The minimum atomic E-state index is -0.784. The van der Waals surface area contributed by atoms with E-state index in [1.165, 1.54) is 289 Å². The number of aryl methyl sites for hydroxylation is 1. The predicted molar refractivity (Wildman–Crippen MR) is 298 cm³/mol. The summed E-state index contributed by atoms with van der Waals surface area (Å²) in [5.74, 6) is 1.48. The molecule has 0 aromatic heterocycles. The molecule has 68 heavy (non-hydrogen) atoms. The van der Waals surface area contributed by atoms with E-state index < -0.39 is 5.97 Å². The number of benzene rings is 1. The highest BCUT2D eigenvalue weighted by atomic mass is 16.5. The molecule has 0 amide bonds. The number of carboxylic acids is 1. The van der Waals surface area contributed by atoms with Crippen molar-refractivity contribution in [3.8, 4) is 17.2 Å². The monoisotopic (exact) mass is 955 g/mol. The summed E-state index contributed by atoms with van der Waals surface area (Å²) < 4.78 is 19.4. The largest absolute Gasteiger partial charge is 0.493 e. The fourth-order valence-corrected chi connectivity index (χ4v) is 9.88. The molecule has 1 rings (SSSR count). The van der Waals surface area contributed by atoms with Crippen molar-refractivity contribution in [3.63, 3.8) is 0 Å². The maximum atomic E-state index is 11.7. The van der Waals surface area contributed by atoms with Gasteiger partial charge in [0.2, 0.25) is 0 Å². The van der Waals surface area contributed by atoms with Crippen LogP contribution in [0.2, 0.25) is 0 Å². The standard InChI is InChI=1S/C63H118O5/c1-4-7-10-13-16-19-22-25-28-31-34-37-40-43-46-49-54-66-60-58-62(68-56-51-48-45-42-39-36-33-30-27-24-21-18-15-12-9-6-3)61(57-59(60)52-53-63(64)65)67-55-50-47-44-41-38-35-32-29-26-23-20-17-14-11-8-5-2/h57-58H,4-56H2,1-3H3,(H,64,65). The van der Waals surface area contributed by atoms with Gasteiger partial charge in [0.25, 0.3) is 0 Å². The minimum absolute atomic E-state index is 0.0768. The zero-order chi connectivity index (χ0) is 48.9. The second-order valence-corrected chi connectivity index (χ2v) is 21.3. The fourth-order valence-electron chi connectivity index (χ4n) is 9.88. The quantitative estimate of drug-likeness (QED) is 0.0659. The molecular formula is C63H118O5. The Morgan fingerprint density at radius 3 is 0.750 bits per heavy atom. The zero-order valence-electron chi connectivity index (χ0n) is 46.2. The highest BCUT2D eigenvalue weighted by Crippen LogP contribution is 2.37. The van der Waals surface area contributed by atoms with Gasteiger partial charge in [0.15, 0.2) is 11.5 Å². The van der Waals surface area contributed by atoms with Crippen LogP contribution in [-0.4, -0.2) is 30.9 Å². The average molecular weight is 956 g/mol. The number of aliphatic carboxylic acids is 1. The lowest BCUT2D eigenvalue weighted by Gasteiger charge is -2.18. The van der Waals surface area contributed by atoms with Crippen LogP contribution in [0.1, 0.15) is 341 Å². The van der Waals surface area contributed by atoms with E-state index in [9.17, 15) is 9.90 Å². The van der Waals surface area contributed by atoms with Crippen LogP contribution >= 0.6 is 0 Å². The number of carboxylic acid groups (broad SMARTS) is 1. The van der Waals surface area contributed by atoms with E-state index in [1.807, 2.05) is 12.1 Å². The Hall–Kier alpha value is -1.91. The molecule has 0 radical (unpaired) electrons. The van der Waals surface area contributed by atoms with Crippen molar-refractivity contribution < 1.29 is 24.1 Å². The molecule has 5 heteroatoms. The normalized spacial score (nSPS) is 11.5. The lowest BCUT2D eigenvalue weighted by atomic mass is 10.0. The Kier molecular flexibility index (Phi) is 49.9. The summed E-state index contributed by atoms with van der Waals surface area (Å²) in [6, 6.07) is 4.04. The van der Waals surface area contributed by atoms with Crippen molar-refractivity contribution in [2.75, 3.05) is 19.8 Å². The number of hydrogen-bond acceptors (Lipinski definition) is 4. The van der Waals surface area contributed by atoms with Crippen molar-refractivity contribution in [2.45, 2.75) is 342 Å². The van der Waals surface area contributed by atoms with Gasteiger partial charge in [0.1, 0.15) is 5.75 Å². The van der Waals surface area contributed by atoms with Gasteiger partial charge in [-0.2, -0.15) is 0 Å². The third-order valence-electron chi connectivity index (χ3n) is 14.5. The molecular weight excluding hydrogens is 837 g/mol. The van der Waals surface area contributed by atoms with E-state index in [-0.39, 0.29) is 6.42 Å². The number of unbranched alkanes of at least 4 members (excludes halogenated alkanes) is 45. The number of rotatable bonds is 57. The Labute approximate surface area is 425 Å². The van der Waals surface area contributed by atoms with Gasteiger partial charge in [0.05, 0.1) is 19.8 Å². The first-order valence-electron chi connectivity index (χ1n) is 30.9. The molecule has 1 N–H and O–H groups in total. The number of carbonyl (C=O) groups is 1. The smallest absolute Gasteiger partial charge is 0.303 e. The first-order valence-corrected chi connectivity index (χ1v) is 30.9. The van der Waals surface area contributed by atoms with Gasteiger partial charge in [-0.05, 0) is 37.3 Å². The van der Waals surface area contributed by atoms with Crippen LogP contribution in [0.3, 0.4) is 0 Å². The summed E-state index contributed by atoms with van der Waals surface area (Å²) in [5.41, 5.74) is 0.917. The molecule has 1 aromatic rings. The molecule has 1 aromatic carbocycles. The molecule has 0 aliphatic carbocycles. The molecule has 0 fully saturated rings. The fraction of sp³-hybridized carbons (Fsp3) is 0.889. The van der Waals surface area contributed by atoms with Crippen LogP contribution in [0, 0.1) is 0 Å². The highest BCUT2D eigenvalue weighted by Gasteiger charge is 2.16. The van der Waals surface area contributed by atoms with E-state index in [2.05, 4.69) is 20.8 Å². The molecule has 0 aliphatic rings. The highest BCUT2D eigenvalue weighted by molar-refractivity contribution is 5.67.